The molecule has 134 valence electrons. The number of rotatable bonds is 4. The van der Waals surface area contributed by atoms with Crippen LogP contribution in [0, 0.1) is 11.6 Å². The highest BCUT2D eigenvalue weighted by atomic mass is 19.1. The van der Waals surface area contributed by atoms with Crippen LogP contribution in [0.3, 0.4) is 0 Å². The van der Waals surface area contributed by atoms with E-state index in [1.54, 1.807) is 0 Å². The molecular weight excluding hydrogens is 314 g/mol. The number of nitrogens with one attached hydrogen (secondary N) is 1. The third kappa shape index (κ3) is 3.49. The maximum absolute atomic E-state index is 14.3. The van der Waals surface area contributed by atoms with Crippen molar-refractivity contribution in [3.05, 3.63) is 23.8 Å². The molecule has 3 rings (SSSR count). The third-order valence-electron chi connectivity index (χ3n) is 4.92. The van der Waals surface area contributed by atoms with E-state index in [9.17, 15) is 8.78 Å². The first-order valence-corrected chi connectivity index (χ1v) is 8.68. The molecule has 24 heavy (non-hydrogen) atoms. The van der Waals surface area contributed by atoms with E-state index in [-0.39, 0.29) is 24.8 Å². The summed E-state index contributed by atoms with van der Waals surface area (Å²) < 4.78 is 33.6. The van der Waals surface area contributed by atoms with Crippen molar-refractivity contribution in [1.82, 2.24) is 5.32 Å². The number of hydrogen-bond donors (Lipinski definition) is 2. The number of anilines is 1. The van der Waals surface area contributed by atoms with Gasteiger partial charge in [-0.15, -0.1) is 0 Å². The summed E-state index contributed by atoms with van der Waals surface area (Å²) in [6, 6.07) is 3.31. The molecule has 1 aliphatic heterocycles. The monoisotopic (exact) mass is 340 g/mol. The molecule has 0 bridgehead atoms. The molecule has 1 aromatic carbocycles. The Morgan fingerprint density at radius 1 is 1.25 bits per heavy atom. The Labute approximate surface area is 141 Å². The normalized spacial score (nSPS) is 26.1. The highest BCUT2D eigenvalue weighted by molar-refractivity contribution is 5.53. The van der Waals surface area contributed by atoms with E-state index in [0.717, 1.165) is 19.3 Å². The molecular formula is C18H26F2N2O2. The van der Waals surface area contributed by atoms with Gasteiger partial charge >= 0.3 is 0 Å². The summed E-state index contributed by atoms with van der Waals surface area (Å²) in [5.74, 6) is -1.85. The van der Waals surface area contributed by atoms with Gasteiger partial charge in [-0.05, 0) is 26.7 Å². The number of halogens is 2. The van der Waals surface area contributed by atoms with E-state index >= 15 is 0 Å². The van der Waals surface area contributed by atoms with Crippen LogP contribution in [0.15, 0.2) is 12.1 Å². The number of aliphatic hydroxyl groups is 1. The quantitative estimate of drug-likeness (QED) is 0.885. The standard InChI is InChI=1S/C18H26F2N2O2/c1-18(2)11-22(16-6-4-3-5-15(16)21-18)12-9-13(19)17(14(20)10-12)24-8-7-23/h9-10,15-16,21,23H,3-8,11H2,1-2H3/t15-,16+/m1/s1. The van der Waals surface area contributed by atoms with Gasteiger partial charge in [-0.2, -0.15) is 0 Å². The number of aliphatic hydroxyl groups excluding tert-OH is 1. The van der Waals surface area contributed by atoms with Gasteiger partial charge < -0.3 is 20.1 Å². The molecule has 1 saturated carbocycles. The second-order valence-electron chi connectivity index (χ2n) is 7.43. The molecule has 1 saturated heterocycles. The minimum atomic E-state index is -0.720. The first-order chi connectivity index (χ1) is 11.4. The van der Waals surface area contributed by atoms with Crippen LogP contribution < -0.4 is 15.0 Å². The van der Waals surface area contributed by atoms with Gasteiger partial charge in [0.05, 0.1) is 6.61 Å². The molecule has 2 fully saturated rings. The molecule has 2 aliphatic rings. The van der Waals surface area contributed by atoms with Crippen molar-refractivity contribution in [3.63, 3.8) is 0 Å². The van der Waals surface area contributed by atoms with Crippen LogP contribution in [0.5, 0.6) is 5.75 Å². The Morgan fingerprint density at radius 3 is 2.58 bits per heavy atom. The van der Waals surface area contributed by atoms with Crippen LogP contribution >= 0.6 is 0 Å². The van der Waals surface area contributed by atoms with E-state index in [1.807, 2.05) is 0 Å². The predicted molar refractivity (Wildman–Crippen MR) is 89.5 cm³/mol. The van der Waals surface area contributed by atoms with Crippen molar-refractivity contribution < 1.29 is 18.6 Å². The van der Waals surface area contributed by atoms with Gasteiger partial charge in [-0.3, -0.25) is 0 Å². The maximum Gasteiger partial charge on any atom is 0.190 e. The zero-order chi connectivity index (χ0) is 17.3. The fourth-order valence-corrected chi connectivity index (χ4v) is 4.02. The van der Waals surface area contributed by atoms with E-state index in [4.69, 9.17) is 9.84 Å². The lowest BCUT2D eigenvalue weighted by Gasteiger charge is -2.52. The molecule has 6 heteroatoms. The topological polar surface area (TPSA) is 44.7 Å². The second-order valence-corrected chi connectivity index (χ2v) is 7.43. The molecule has 4 nitrogen and oxygen atoms in total. The fourth-order valence-electron chi connectivity index (χ4n) is 4.02. The lowest BCUT2D eigenvalue weighted by Crippen LogP contribution is -2.67. The van der Waals surface area contributed by atoms with Crippen LogP contribution in [0.1, 0.15) is 39.5 Å². The first-order valence-electron chi connectivity index (χ1n) is 8.68. The van der Waals surface area contributed by atoms with Crippen molar-refractivity contribution in [2.24, 2.45) is 0 Å². The number of hydrogen-bond acceptors (Lipinski definition) is 4. The summed E-state index contributed by atoms with van der Waals surface area (Å²) in [6.45, 7) is 4.53. The minimum Gasteiger partial charge on any atom is -0.485 e. The Morgan fingerprint density at radius 2 is 1.92 bits per heavy atom. The highest BCUT2D eigenvalue weighted by Crippen LogP contribution is 2.36. The fraction of sp³-hybridized carbons (Fsp3) is 0.667. The Kier molecular flexibility index (Phi) is 4.97. The molecule has 2 atom stereocenters. The first kappa shape index (κ1) is 17.4. The molecule has 1 aromatic rings. The van der Waals surface area contributed by atoms with Gasteiger partial charge in [0, 0.05) is 42.0 Å². The Balaban J connectivity index is 1.91. The van der Waals surface area contributed by atoms with E-state index in [1.165, 1.54) is 18.6 Å². The van der Waals surface area contributed by atoms with E-state index in [0.29, 0.717) is 18.3 Å². The highest BCUT2D eigenvalue weighted by Gasteiger charge is 2.40. The molecule has 0 amide bonds. The molecule has 1 aliphatic carbocycles. The predicted octanol–water partition coefficient (Wildman–Crippen LogP) is 2.84. The van der Waals surface area contributed by atoms with E-state index in [2.05, 4.69) is 24.1 Å². The molecule has 0 aromatic heterocycles. The number of fused-ring (bicyclic) bond motifs is 1. The Hall–Kier alpha value is -1.40. The van der Waals surface area contributed by atoms with Crippen molar-refractivity contribution in [2.45, 2.75) is 57.2 Å². The smallest absolute Gasteiger partial charge is 0.190 e. The summed E-state index contributed by atoms with van der Waals surface area (Å²) >= 11 is 0. The Bertz CT molecular complexity index is 571. The molecule has 0 spiro atoms. The van der Waals surface area contributed by atoms with Crippen LogP contribution in [-0.2, 0) is 0 Å². The van der Waals surface area contributed by atoms with Gasteiger partial charge in [0.25, 0.3) is 0 Å². The zero-order valence-electron chi connectivity index (χ0n) is 14.3. The molecule has 2 N–H and O–H groups in total. The lowest BCUT2D eigenvalue weighted by molar-refractivity contribution is 0.190. The van der Waals surface area contributed by atoms with E-state index < -0.39 is 17.4 Å². The van der Waals surface area contributed by atoms with Gasteiger partial charge in [-0.25, -0.2) is 8.78 Å². The molecule has 0 unspecified atom stereocenters. The van der Waals surface area contributed by atoms with Crippen molar-refractivity contribution in [1.29, 1.82) is 0 Å². The van der Waals surface area contributed by atoms with Gasteiger partial charge in [0.2, 0.25) is 0 Å². The average molecular weight is 340 g/mol. The summed E-state index contributed by atoms with van der Waals surface area (Å²) in [6.07, 6.45) is 4.45. The van der Waals surface area contributed by atoms with Gasteiger partial charge in [0.15, 0.2) is 17.4 Å². The molecule has 1 heterocycles. The largest absolute Gasteiger partial charge is 0.485 e. The number of piperazine rings is 1. The minimum absolute atomic E-state index is 0.114. The van der Waals surface area contributed by atoms with Crippen LogP contribution in [0.2, 0.25) is 0 Å². The lowest BCUT2D eigenvalue weighted by atomic mass is 9.83. The van der Waals surface area contributed by atoms with Gasteiger partial charge in [0.1, 0.15) is 6.61 Å². The number of ether oxygens (including phenoxy) is 1. The van der Waals surface area contributed by atoms with Crippen LogP contribution in [-0.4, -0.2) is 42.5 Å². The second kappa shape index (κ2) is 6.84. The summed E-state index contributed by atoms with van der Waals surface area (Å²) in [7, 11) is 0. The summed E-state index contributed by atoms with van der Waals surface area (Å²) in [5.41, 5.74) is 0.449. The van der Waals surface area contributed by atoms with Crippen molar-refractivity contribution in [3.8, 4) is 5.75 Å². The van der Waals surface area contributed by atoms with Crippen molar-refractivity contribution in [2.75, 3.05) is 24.7 Å². The maximum atomic E-state index is 14.3. The van der Waals surface area contributed by atoms with Crippen LogP contribution in [0.25, 0.3) is 0 Å². The number of nitrogens with zero attached hydrogens (tertiary/aromatic N) is 1. The van der Waals surface area contributed by atoms with Crippen LogP contribution in [0.4, 0.5) is 14.5 Å². The summed E-state index contributed by atoms with van der Waals surface area (Å²) in [5, 5.41) is 12.5. The summed E-state index contributed by atoms with van der Waals surface area (Å²) in [4.78, 5) is 2.14. The average Bonchev–Trinajstić information content (AvgIpc) is 2.52. The number of benzene rings is 1. The SMILES string of the molecule is CC1(C)CN(c2cc(F)c(OCCO)c(F)c2)[C@H]2CCCC[C@H]2N1. The third-order valence-corrected chi connectivity index (χ3v) is 4.92. The zero-order valence-corrected chi connectivity index (χ0v) is 14.3. The van der Waals surface area contributed by atoms with Gasteiger partial charge in [-0.1, -0.05) is 12.8 Å². The van der Waals surface area contributed by atoms with Crippen molar-refractivity contribution >= 4 is 5.69 Å². The molecule has 0 radical (unpaired) electrons.